The van der Waals surface area contributed by atoms with Crippen molar-refractivity contribution in [3.05, 3.63) is 72.2 Å². The first kappa shape index (κ1) is 19.2. The van der Waals surface area contributed by atoms with Gasteiger partial charge in [-0.15, -0.1) is 0 Å². The highest BCUT2D eigenvalue weighted by molar-refractivity contribution is 5.59. The zero-order chi connectivity index (χ0) is 20.2. The van der Waals surface area contributed by atoms with Gasteiger partial charge in [-0.3, -0.25) is 0 Å². The van der Waals surface area contributed by atoms with Crippen LogP contribution in [0.2, 0.25) is 0 Å². The number of hydrogen-bond acceptors (Lipinski definition) is 5. The second-order valence-electron chi connectivity index (χ2n) is 7.22. The summed E-state index contributed by atoms with van der Waals surface area (Å²) in [5.74, 6) is 1.45. The van der Waals surface area contributed by atoms with Gasteiger partial charge in [0.1, 0.15) is 11.6 Å². The molecule has 1 aliphatic heterocycles. The summed E-state index contributed by atoms with van der Waals surface area (Å²) in [6.45, 7) is 8.08. The van der Waals surface area contributed by atoms with Crippen LogP contribution < -0.4 is 14.7 Å². The number of aryl methyl sites for hydroxylation is 1. The third-order valence-corrected chi connectivity index (χ3v) is 5.30. The van der Waals surface area contributed by atoms with Gasteiger partial charge in [0.25, 0.3) is 0 Å². The normalized spacial score (nSPS) is 14.2. The average molecular weight is 391 g/mol. The van der Waals surface area contributed by atoms with Crippen LogP contribution in [-0.2, 0) is 0 Å². The number of aromatic nitrogens is 2. The molecule has 3 aromatic rings. The molecule has 0 unspecified atom stereocenters. The third-order valence-electron chi connectivity index (χ3n) is 5.30. The number of hydrogen-bond donors (Lipinski definition) is 0. The van der Waals surface area contributed by atoms with Crippen LogP contribution in [0.5, 0.6) is 0 Å². The van der Waals surface area contributed by atoms with Crippen LogP contribution in [0.1, 0.15) is 12.5 Å². The van der Waals surface area contributed by atoms with Crippen LogP contribution >= 0.6 is 0 Å². The number of para-hydroxylation sites is 1. The topological polar surface area (TPSA) is 35.5 Å². The first-order valence-corrected chi connectivity index (χ1v) is 10.1. The molecule has 0 bridgehead atoms. The molecule has 2 aromatic carbocycles. The SMILES string of the molecule is CCN(c1cccc(C)c1)c1nccc(N2CCN(c3ccccc3F)CC2)n1. The highest BCUT2D eigenvalue weighted by Gasteiger charge is 2.21. The van der Waals surface area contributed by atoms with Gasteiger partial charge < -0.3 is 14.7 Å². The minimum atomic E-state index is -0.165. The number of nitrogens with zero attached hydrogens (tertiary/aromatic N) is 5. The molecule has 150 valence electrons. The molecule has 0 aliphatic carbocycles. The summed E-state index contributed by atoms with van der Waals surface area (Å²) in [6, 6.07) is 17.3. The Morgan fingerprint density at radius 1 is 0.966 bits per heavy atom. The predicted octanol–water partition coefficient (Wildman–Crippen LogP) is 4.41. The van der Waals surface area contributed by atoms with Crippen molar-refractivity contribution >= 4 is 23.1 Å². The summed E-state index contributed by atoms with van der Waals surface area (Å²) in [7, 11) is 0. The Hall–Kier alpha value is -3.15. The number of anilines is 4. The Morgan fingerprint density at radius 2 is 1.72 bits per heavy atom. The molecule has 1 aliphatic rings. The van der Waals surface area contributed by atoms with E-state index in [2.05, 4.69) is 57.8 Å². The van der Waals surface area contributed by atoms with E-state index in [9.17, 15) is 4.39 Å². The number of benzene rings is 2. The molecular weight excluding hydrogens is 365 g/mol. The van der Waals surface area contributed by atoms with Crippen LogP contribution in [0.3, 0.4) is 0 Å². The molecule has 0 saturated carbocycles. The van der Waals surface area contributed by atoms with Crippen molar-refractivity contribution in [2.24, 2.45) is 0 Å². The standard InChI is InChI=1S/C23H26FN5/c1-3-29(19-8-6-7-18(2)17-19)23-25-12-11-22(26-23)28-15-13-27(14-16-28)21-10-5-4-9-20(21)24/h4-12,17H,3,13-16H2,1-2H3. The quantitative estimate of drug-likeness (QED) is 0.644. The van der Waals surface area contributed by atoms with E-state index in [1.165, 1.54) is 11.6 Å². The van der Waals surface area contributed by atoms with Crippen molar-refractivity contribution in [2.75, 3.05) is 47.4 Å². The molecule has 1 aromatic heterocycles. The maximum atomic E-state index is 14.1. The van der Waals surface area contributed by atoms with Crippen LogP contribution in [0.4, 0.5) is 27.5 Å². The summed E-state index contributed by atoms with van der Waals surface area (Å²) in [6.07, 6.45) is 1.82. The van der Waals surface area contributed by atoms with Crippen molar-refractivity contribution in [1.29, 1.82) is 0 Å². The van der Waals surface area contributed by atoms with Gasteiger partial charge in [-0.2, -0.15) is 4.98 Å². The van der Waals surface area contributed by atoms with Gasteiger partial charge in [-0.05, 0) is 49.7 Å². The Morgan fingerprint density at radius 3 is 2.45 bits per heavy atom. The predicted molar refractivity (Wildman–Crippen MR) is 117 cm³/mol. The van der Waals surface area contributed by atoms with E-state index >= 15 is 0 Å². The maximum Gasteiger partial charge on any atom is 0.231 e. The van der Waals surface area contributed by atoms with Crippen LogP contribution in [0, 0.1) is 12.7 Å². The Kier molecular flexibility index (Phi) is 5.60. The third kappa shape index (κ3) is 4.16. The smallest absolute Gasteiger partial charge is 0.231 e. The van der Waals surface area contributed by atoms with Gasteiger partial charge in [-0.25, -0.2) is 9.37 Å². The first-order valence-electron chi connectivity index (χ1n) is 10.1. The van der Waals surface area contributed by atoms with E-state index < -0.39 is 0 Å². The zero-order valence-electron chi connectivity index (χ0n) is 16.9. The van der Waals surface area contributed by atoms with Crippen molar-refractivity contribution in [3.63, 3.8) is 0 Å². The highest BCUT2D eigenvalue weighted by atomic mass is 19.1. The molecule has 6 heteroatoms. The van der Waals surface area contributed by atoms with Gasteiger partial charge in [0, 0.05) is 44.6 Å². The second-order valence-corrected chi connectivity index (χ2v) is 7.22. The molecule has 4 rings (SSSR count). The molecule has 2 heterocycles. The fourth-order valence-electron chi connectivity index (χ4n) is 3.77. The van der Waals surface area contributed by atoms with E-state index in [0.717, 1.165) is 44.2 Å². The van der Waals surface area contributed by atoms with Gasteiger partial charge >= 0.3 is 0 Å². The zero-order valence-corrected chi connectivity index (χ0v) is 16.9. The summed E-state index contributed by atoms with van der Waals surface area (Å²) >= 11 is 0. The monoisotopic (exact) mass is 391 g/mol. The van der Waals surface area contributed by atoms with Crippen LogP contribution in [0.25, 0.3) is 0 Å². The van der Waals surface area contributed by atoms with Crippen LogP contribution in [0.15, 0.2) is 60.8 Å². The molecule has 1 saturated heterocycles. The molecule has 0 amide bonds. The van der Waals surface area contributed by atoms with E-state index in [-0.39, 0.29) is 5.82 Å². The molecule has 0 atom stereocenters. The molecule has 1 fully saturated rings. The molecular formula is C23H26FN5. The minimum Gasteiger partial charge on any atom is -0.366 e. The number of piperazine rings is 1. The summed E-state index contributed by atoms with van der Waals surface area (Å²) in [5.41, 5.74) is 2.97. The average Bonchev–Trinajstić information content (AvgIpc) is 2.75. The Balaban J connectivity index is 1.50. The van der Waals surface area contributed by atoms with Gasteiger partial charge in [-0.1, -0.05) is 24.3 Å². The number of halogens is 1. The van der Waals surface area contributed by atoms with Crippen LogP contribution in [-0.4, -0.2) is 42.7 Å². The lowest BCUT2D eigenvalue weighted by Gasteiger charge is -2.37. The van der Waals surface area contributed by atoms with Gasteiger partial charge in [0.05, 0.1) is 5.69 Å². The lowest BCUT2D eigenvalue weighted by Crippen LogP contribution is -2.47. The molecule has 5 nitrogen and oxygen atoms in total. The largest absolute Gasteiger partial charge is 0.366 e. The molecule has 0 spiro atoms. The molecule has 0 N–H and O–H groups in total. The fraction of sp³-hybridized carbons (Fsp3) is 0.304. The minimum absolute atomic E-state index is 0.165. The molecule has 29 heavy (non-hydrogen) atoms. The van der Waals surface area contributed by atoms with E-state index in [1.54, 1.807) is 6.07 Å². The first-order chi connectivity index (χ1) is 14.2. The second kappa shape index (κ2) is 8.47. The summed E-state index contributed by atoms with van der Waals surface area (Å²) < 4.78 is 14.1. The molecule has 0 radical (unpaired) electrons. The van der Waals surface area contributed by atoms with Crippen molar-refractivity contribution in [3.8, 4) is 0 Å². The summed E-state index contributed by atoms with van der Waals surface area (Å²) in [5, 5.41) is 0. The van der Waals surface area contributed by atoms with Gasteiger partial charge in [0.15, 0.2) is 0 Å². The Labute approximate surface area is 171 Å². The van der Waals surface area contributed by atoms with E-state index in [4.69, 9.17) is 4.98 Å². The van der Waals surface area contributed by atoms with E-state index in [1.807, 2.05) is 24.4 Å². The lowest BCUT2D eigenvalue weighted by molar-refractivity contribution is 0.596. The van der Waals surface area contributed by atoms with Crippen molar-refractivity contribution in [1.82, 2.24) is 9.97 Å². The van der Waals surface area contributed by atoms with Crippen molar-refractivity contribution in [2.45, 2.75) is 13.8 Å². The maximum absolute atomic E-state index is 14.1. The van der Waals surface area contributed by atoms with Gasteiger partial charge in [0.2, 0.25) is 5.95 Å². The Bertz CT molecular complexity index is 969. The number of rotatable bonds is 5. The lowest BCUT2D eigenvalue weighted by atomic mass is 10.2. The fourth-order valence-corrected chi connectivity index (χ4v) is 3.77. The highest BCUT2D eigenvalue weighted by Crippen LogP contribution is 2.26. The summed E-state index contributed by atoms with van der Waals surface area (Å²) in [4.78, 5) is 15.8. The van der Waals surface area contributed by atoms with Crippen molar-refractivity contribution < 1.29 is 4.39 Å². The van der Waals surface area contributed by atoms with E-state index in [0.29, 0.717) is 11.6 Å².